The van der Waals surface area contributed by atoms with Gasteiger partial charge in [-0.25, -0.2) is 8.42 Å². The normalized spacial score (nSPS) is 15.6. The molecular weight excluding hydrogens is 368 g/mol. The first-order valence-electron chi connectivity index (χ1n) is 8.98. The largest absolute Gasteiger partial charge is 0.336 e. The molecule has 0 bridgehead atoms. The fourth-order valence-electron chi connectivity index (χ4n) is 3.43. The Bertz CT molecular complexity index is 824. The number of benzene rings is 1. The van der Waals surface area contributed by atoms with Crippen LogP contribution < -0.4 is 4.72 Å². The van der Waals surface area contributed by atoms with Gasteiger partial charge in [0.05, 0.1) is 0 Å². The number of nitrogens with one attached hydrogen (secondary N) is 1. The Morgan fingerprint density at radius 3 is 2.42 bits per heavy atom. The van der Waals surface area contributed by atoms with Crippen LogP contribution in [-0.4, -0.2) is 31.8 Å². The van der Waals surface area contributed by atoms with Gasteiger partial charge in [0.1, 0.15) is 4.21 Å². The fraction of sp³-hybridized carbons (Fsp3) is 0.421. The molecule has 0 radical (unpaired) electrons. The third-order valence-electron chi connectivity index (χ3n) is 4.76. The van der Waals surface area contributed by atoms with Crippen LogP contribution in [0.5, 0.6) is 0 Å². The second-order valence-electron chi connectivity index (χ2n) is 6.50. The molecule has 0 unspecified atom stereocenters. The van der Waals surface area contributed by atoms with Gasteiger partial charge < -0.3 is 4.90 Å². The van der Waals surface area contributed by atoms with Gasteiger partial charge in [-0.15, -0.1) is 11.3 Å². The van der Waals surface area contributed by atoms with E-state index in [4.69, 9.17) is 0 Å². The van der Waals surface area contributed by atoms with Crippen LogP contribution in [0.15, 0.2) is 46.0 Å². The molecule has 1 heterocycles. The van der Waals surface area contributed by atoms with E-state index in [-0.39, 0.29) is 10.1 Å². The maximum atomic E-state index is 12.8. The van der Waals surface area contributed by atoms with Gasteiger partial charge in [0.25, 0.3) is 15.9 Å². The molecule has 1 fully saturated rings. The minimum atomic E-state index is -3.57. The number of anilines is 1. The Balaban J connectivity index is 1.71. The number of amides is 1. The zero-order valence-electron chi connectivity index (χ0n) is 14.8. The molecule has 3 rings (SSSR count). The maximum absolute atomic E-state index is 12.8. The lowest BCUT2D eigenvalue weighted by Gasteiger charge is -2.33. The van der Waals surface area contributed by atoms with E-state index >= 15 is 0 Å². The standard InChI is InChI=1S/C19H24N2O3S2/c1-2-21(17-7-4-3-5-8-17)19(22)15-10-12-16(13-11-15)20-26(23,24)18-9-6-14-25-18/h6,9-14,17,20H,2-5,7-8H2,1H3. The molecule has 1 aliphatic carbocycles. The van der Waals surface area contributed by atoms with Crippen molar-refractivity contribution in [1.82, 2.24) is 4.90 Å². The van der Waals surface area contributed by atoms with Crippen LogP contribution in [0.1, 0.15) is 49.4 Å². The summed E-state index contributed by atoms with van der Waals surface area (Å²) in [5, 5.41) is 1.72. The van der Waals surface area contributed by atoms with Gasteiger partial charge in [-0.1, -0.05) is 25.3 Å². The molecule has 1 aromatic carbocycles. The number of hydrogen-bond donors (Lipinski definition) is 1. The van der Waals surface area contributed by atoms with Crippen molar-refractivity contribution in [3.8, 4) is 0 Å². The first kappa shape index (κ1) is 18.9. The minimum absolute atomic E-state index is 0.0204. The predicted octanol–water partition coefficient (Wildman–Crippen LogP) is 4.34. The smallest absolute Gasteiger partial charge is 0.271 e. The van der Waals surface area contributed by atoms with Crippen molar-refractivity contribution in [3.05, 3.63) is 47.3 Å². The summed E-state index contributed by atoms with van der Waals surface area (Å²) in [5.41, 5.74) is 1.05. The highest BCUT2D eigenvalue weighted by Gasteiger charge is 2.25. The molecule has 1 aromatic heterocycles. The Labute approximate surface area is 159 Å². The third-order valence-corrected chi connectivity index (χ3v) is 7.54. The predicted molar refractivity (Wildman–Crippen MR) is 105 cm³/mol. The summed E-state index contributed by atoms with van der Waals surface area (Å²) in [5.74, 6) is 0.0204. The molecule has 1 N–H and O–H groups in total. The van der Waals surface area contributed by atoms with Gasteiger partial charge in [0.15, 0.2) is 0 Å². The van der Waals surface area contributed by atoms with Crippen LogP contribution in [-0.2, 0) is 10.0 Å². The van der Waals surface area contributed by atoms with Gasteiger partial charge in [0, 0.05) is 23.8 Å². The van der Waals surface area contributed by atoms with E-state index in [1.807, 2.05) is 11.8 Å². The molecule has 0 atom stereocenters. The van der Waals surface area contributed by atoms with Crippen LogP contribution in [0, 0.1) is 0 Å². The number of rotatable bonds is 6. The Kier molecular flexibility index (Phi) is 5.98. The SMILES string of the molecule is CCN(C(=O)c1ccc(NS(=O)(=O)c2cccs2)cc1)C1CCCCC1. The summed E-state index contributed by atoms with van der Waals surface area (Å²) in [6, 6.07) is 10.3. The third kappa shape index (κ3) is 4.27. The quantitative estimate of drug-likeness (QED) is 0.795. The summed E-state index contributed by atoms with van der Waals surface area (Å²) < 4.78 is 27.4. The Morgan fingerprint density at radius 2 is 1.85 bits per heavy atom. The second-order valence-corrected chi connectivity index (χ2v) is 9.35. The van der Waals surface area contributed by atoms with E-state index in [2.05, 4.69) is 4.72 Å². The van der Waals surface area contributed by atoms with Gasteiger partial charge >= 0.3 is 0 Å². The number of nitrogens with zero attached hydrogens (tertiary/aromatic N) is 1. The zero-order valence-corrected chi connectivity index (χ0v) is 16.5. The van der Waals surface area contributed by atoms with Crippen molar-refractivity contribution in [2.75, 3.05) is 11.3 Å². The van der Waals surface area contributed by atoms with Crippen LogP contribution >= 0.6 is 11.3 Å². The summed E-state index contributed by atoms with van der Waals surface area (Å²) in [7, 11) is -3.57. The van der Waals surface area contributed by atoms with Gasteiger partial charge in [-0.3, -0.25) is 9.52 Å². The van der Waals surface area contributed by atoms with Crippen molar-refractivity contribution >= 4 is 33.0 Å². The van der Waals surface area contributed by atoms with E-state index in [1.165, 1.54) is 30.6 Å². The molecule has 1 aliphatic rings. The first-order chi connectivity index (χ1) is 12.5. The van der Waals surface area contributed by atoms with Crippen molar-refractivity contribution < 1.29 is 13.2 Å². The summed E-state index contributed by atoms with van der Waals surface area (Å²) in [4.78, 5) is 14.8. The van der Waals surface area contributed by atoms with Gasteiger partial charge in [-0.2, -0.15) is 0 Å². The molecule has 2 aromatic rings. The molecule has 7 heteroatoms. The van der Waals surface area contributed by atoms with E-state index in [1.54, 1.807) is 41.8 Å². The topological polar surface area (TPSA) is 66.5 Å². The molecule has 0 aliphatic heterocycles. The average Bonchev–Trinajstić information content (AvgIpc) is 3.19. The molecular formula is C19H24N2O3S2. The van der Waals surface area contributed by atoms with E-state index in [9.17, 15) is 13.2 Å². The minimum Gasteiger partial charge on any atom is -0.336 e. The van der Waals surface area contributed by atoms with Gasteiger partial charge in [-0.05, 0) is 55.5 Å². The summed E-state index contributed by atoms with van der Waals surface area (Å²) in [6.07, 6.45) is 5.74. The Morgan fingerprint density at radius 1 is 1.15 bits per heavy atom. The number of carbonyl (C=O) groups is 1. The van der Waals surface area contributed by atoms with E-state index in [0.717, 1.165) is 12.8 Å². The summed E-state index contributed by atoms with van der Waals surface area (Å²) >= 11 is 1.17. The summed E-state index contributed by atoms with van der Waals surface area (Å²) in [6.45, 7) is 2.70. The molecule has 1 saturated carbocycles. The fourth-order valence-corrected chi connectivity index (χ4v) is 5.48. The molecule has 26 heavy (non-hydrogen) atoms. The van der Waals surface area contributed by atoms with Crippen LogP contribution in [0.2, 0.25) is 0 Å². The maximum Gasteiger partial charge on any atom is 0.271 e. The second kappa shape index (κ2) is 8.22. The monoisotopic (exact) mass is 392 g/mol. The molecule has 0 saturated heterocycles. The number of thiophene rings is 1. The number of hydrogen-bond acceptors (Lipinski definition) is 4. The van der Waals surface area contributed by atoms with Crippen molar-refractivity contribution in [3.63, 3.8) is 0 Å². The van der Waals surface area contributed by atoms with E-state index < -0.39 is 10.0 Å². The van der Waals surface area contributed by atoms with Crippen LogP contribution in [0.4, 0.5) is 5.69 Å². The van der Waals surface area contributed by atoms with Crippen molar-refractivity contribution in [2.24, 2.45) is 0 Å². The van der Waals surface area contributed by atoms with Crippen molar-refractivity contribution in [2.45, 2.75) is 49.3 Å². The molecule has 140 valence electrons. The lowest BCUT2D eigenvalue weighted by atomic mass is 9.93. The van der Waals surface area contributed by atoms with E-state index in [0.29, 0.717) is 23.8 Å². The average molecular weight is 393 g/mol. The first-order valence-corrected chi connectivity index (χ1v) is 11.3. The van der Waals surface area contributed by atoms with Crippen LogP contribution in [0.3, 0.4) is 0 Å². The lowest BCUT2D eigenvalue weighted by Crippen LogP contribution is -2.41. The highest BCUT2D eigenvalue weighted by Crippen LogP contribution is 2.25. The number of carbonyl (C=O) groups excluding carboxylic acids is 1. The van der Waals surface area contributed by atoms with Crippen molar-refractivity contribution in [1.29, 1.82) is 0 Å². The molecule has 5 nitrogen and oxygen atoms in total. The lowest BCUT2D eigenvalue weighted by molar-refractivity contribution is 0.0648. The highest BCUT2D eigenvalue weighted by molar-refractivity contribution is 7.94. The Hall–Kier alpha value is -1.86. The molecule has 1 amide bonds. The van der Waals surface area contributed by atoms with Crippen LogP contribution in [0.25, 0.3) is 0 Å². The highest BCUT2D eigenvalue weighted by atomic mass is 32.2. The van der Waals surface area contributed by atoms with Gasteiger partial charge in [0.2, 0.25) is 0 Å². The zero-order chi connectivity index (χ0) is 18.6. The molecule has 0 spiro atoms. The number of sulfonamides is 1.